The van der Waals surface area contributed by atoms with Crippen LogP contribution in [0.25, 0.3) is 32.6 Å². The average Bonchev–Trinajstić information content (AvgIpc) is 3.64. The van der Waals surface area contributed by atoms with Crippen LogP contribution in [-0.2, 0) is 11.3 Å². The van der Waals surface area contributed by atoms with Crippen molar-refractivity contribution in [3.05, 3.63) is 82.2 Å². The highest BCUT2D eigenvalue weighted by Gasteiger charge is 2.27. The SMILES string of the molecule is COC(=O)c1cc(C(=O)NCC(C)C)ccc1-c1cc2c(cc1C(=O)Nc1ccc3nc(N)[nH]c3c1)-c1sccc1CO2. The molecule has 2 amide bonds. The van der Waals surface area contributed by atoms with E-state index >= 15 is 0 Å². The molecule has 10 nitrogen and oxygen atoms in total. The van der Waals surface area contributed by atoms with Crippen LogP contribution in [0.15, 0.2) is 60.0 Å². The molecule has 11 heteroatoms. The van der Waals surface area contributed by atoms with E-state index in [0.29, 0.717) is 57.9 Å². The number of carbonyl (C=O) groups is 3. The Morgan fingerprint density at radius 2 is 1.86 bits per heavy atom. The number of benzene rings is 3. The molecule has 3 aromatic carbocycles. The normalized spacial score (nSPS) is 11.9. The minimum absolute atomic E-state index is 0.149. The fourth-order valence-corrected chi connectivity index (χ4v) is 5.97. The van der Waals surface area contributed by atoms with Crippen molar-refractivity contribution in [3.63, 3.8) is 0 Å². The molecule has 0 saturated heterocycles. The average molecular weight is 596 g/mol. The van der Waals surface area contributed by atoms with Gasteiger partial charge in [0.25, 0.3) is 11.8 Å². The highest BCUT2D eigenvalue weighted by molar-refractivity contribution is 7.13. The van der Waals surface area contributed by atoms with Gasteiger partial charge in [-0.1, -0.05) is 19.9 Å². The maximum atomic E-state index is 14.0. The lowest BCUT2D eigenvalue weighted by molar-refractivity contribution is 0.0601. The fraction of sp³-hybridized carbons (Fsp3) is 0.188. The molecular weight excluding hydrogens is 566 g/mol. The van der Waals surface area contributed by atoms with Crippen LogP contribution in [0.1, 0.15) is 50.5 Å². The summed E-state index contributed by atoms with van der Waals surface area (Å²) < 4.78 is 11.2. The minimum atomic E-state index is -0.638. The minimum Gasteiger partial charge on any atom is -0.488 e. The van der Waals surface area contributed by atoms with Gasteiger partial charge in [0.05, 0.1) is 23.7 Å². The maximum absolute atomic E-state index is 14.0. The molecule has 0 bridgehead atoms. The van der Waals surface area contributed by atoms with Gasteiger partial charge in [0.2, 0.25) is 0 Å². The van der Waals surface area contributed by atoms with Crippen molar-refractivity contribution in [3.8, 4) is 27.3 Å². The first-order valence-electron chi connectivity index (χ1n) is 13.7. The summed E-state index contributed by atoms with van der Waals surface area (Å²) in [5, 5.41) is 7.83. The van der Waals surface area contributed by atoms with E-state index in [0.717, 1.165) is 16.0 Å². The molecule has 0 saturated carbocycles. The third-order valence-corrected chi connectivity index (χ3v) is 8.14. The number of nitrogens with zero attached hydrogens (tertiary/aromatic N) is 1. The van der Waals surface area contributed by atoms with Crippen molar-refractivity contribution in [2.45, 2.75) is 20.5 Å². The number of hydrogen-bond donors (Lipinski definition) is 4. The summed E-state index contributed by atoms with van der Waals surface area (Å²) in [5.41, 5.74) is 11.1. The number of carbonyl (C=O) groups excluding carboxylic acids is 3. The number of nitrogens with two attached hydrogens (primary N) is 1. The van der Waals surface area contributed by atoms with Gasteiger partial charge in [0.15, 0.2) is 5.95 Å². The summed E-state index contributed by atoms with van der Waals surface area (Å²) >= 11 is 1.57. The molecule has 5 N–H and O–H groups in total. The van der Waals surface area contributed by atoms with E-state index in [1.54, 1.807) is 53.8 Å². The Bertz CT molecular complexity index is 1910. The zero-order chi connectivity index (χ0) is 30.2. The van der Waals surface area contributed by atoms with Crippen LogP contribution in [0.5, 0.6) is 5.75 Å². The lowest BCUT2D eigenvalue weighted by atomic mass is 9.90. The zero-order valence-electron chi connectivity index (χ0n) is 23.7. The van der Waals surface area contributed by atoms with Gasteiger partial charge in [0.1, 0.15) is 12.4 Å². The number of fused-ring (bicyclic) bond motifs is 4. The van der Waals surface area contributed by atoms with E-state index in [9.17, 15) is 14.4 Å². The molecule has 0 atom stereocenters. The molecule has 0 radical (unpaired) electrons. The first-order chi connectivity index (χ1) is 20.7. The quantitative estimate of drug-likeness (QED) is 0.172. The molecule has 1 aliphatic rings. The molecular formula is C32H29N5O5S. The second-order valence-corrected chi connectivity index (χ2v) is 11.5. The summed E-state index contributed by atoms with van der Waals surface area (Å²) in [6.07, 6.45) is 0. The van der Waals surface area contributed by atoms with Crippen molar-refractivity contribution in [2.24, 2.45) is 5.92 Å². The Labute approximate surface area is 251 Å². The molecule has 3 heterocycles. The van der Waals surface area contributed by atoms with Crippen LogP contribution < -0.4 is 21.1 Å². The number of imidazole rings is 1. The van der Waals surface area contributed by atoms with Gasteiger partial charge >= 0.3 is 5.97 Å². The standard InChI is InChI=1S/C32H29N5O5S/c1-16(2)14-34-29(38)17-4-6-20(23(10-17)31(40)41-3)21-13-27-24(28-18(15-42-27)8-9-43-28)12-22(21)30(39)35-19-5-7-25-26(11-19)37-32(33)36-25/h4-13,16H,14-15H2,1-3H3,(H,34,38)(H,35,39)(H3,33,36,37). The number of ether oxygens (including phenoxy) is 2. The number of methoxy groups -OCH3 is 1. The fourth-order valence-electron chi connectivity index (χ4n) is 5.03. The zero-order valence-corrected chi connectivity index (χ0v) is 24.6. The molecule has 2 aromatic heterocycles. The van der Waals surface area contributed by atoms with Crippen LogP contribution in [0, 0.1) is 5.92 Å². The van der Waals surface area contributed by atoms with Crippen molar-refractivity contribution < 1.29 is 23.9 Å². The van der Waals surface area contributed by atoms with E-state index in [1.165, 1.54) is 13.2 Å². The van der Waals surface area contributed by atoms with Crippen LogP contribution in [0.3, 0.4) is 0 Å². The number of nitrogen functional groups attached to an aromatic ring is 1. The summed E-state index contributed by atoms with van der Waals surface area (Å²) in [6.45, 7) is 4.87. The second-order valence-electron chi connectivity index (χ2n) is 10.6. The Kier molecular flexibility index (Phi) is 7.32. The predicted octanol–water partition coefficient (Wildman–Crippen LogP) is 5.86. The van der Waals surface area contributed by atoms with E-state index in [-0.39, 0.29) is 23.3 Å². The van der Waals surface area contributed by atoms with E-state index in [4.69, 9.17) is 15.2 Å². The molecule has 0 spiro atoms. The summed E-state index contributed by atoms with van der Waals surface area (Å²) in [4.78, 5) is 48.1. The Balaban J connectivity index is 1.47. The smallest absolute Gasteiger partial charge is 0.338 e. The largest absolute Gasteiger partial charge is 0.488 e. The number of thiophene rings is 1. The lowest BCUT2D eigenvalue weighted by Gasteiger charge is -2.22. The molecule has 0 unspecified atom stereocenters. The number of esters is 1. The Morgan fingerprint density at radius 1 is 1.02 bits per heavy atom. The number of amides is 2. The van der Waals surface area contributed by atoms with Gasteiger partial charge in [-0.05, 0) is 71.0 Å². The molecule has 0 aliphatic carbocycles. The molecule has 218 valence electrons. The Hall–Kier alpha value is -5.16. The molecule has 0 fully saturated rings. The number of aromatic nitrogens is 2. The van der Waals surface area contributed by atoms with Gasteiger partial charge in [-0.15, -0.1) is 11.3 Å². The molecule has 1 aliphatic heterocycles. The van der Waals surface area contributed by atoms with Gasteiger partial charge in [-0.25, -0.2) is 9.78 Å². The number of hydrogen-bond acceptors (Lipinski definition) is 8. The third kappa shape index (κ3) is 5.42. The summed E-state index contributed by atoms with van der Waals surface area (Å²) in [7, 11) is 1.28. The first kappa shape index (κ1) is 28.0. The van der Waals surface area contributed by atoms with Gasteiger partial charge < -0.3 is 30.8 Å². The highest BCUT2D eigenvalue weighted by Crippen LogP contribution is 2.45. The van der Waals surface area contributed by atoms with Crippen molar-refractivity contribution >= 4 is 51.8 Å². The van der Waals surface area contributed by atoms with E-state index in [1.807, 2.05) is 25.3 Å². The summed E-state index contributed by atoms with van der Waals surface area (Å²) in [5.74, 6) is -0.221. The van der Waals surface area contributed by atoms with Gasteiger partial charge in [0, 0.05) is 39.4 Å². The van der Waals surface area contributed by atoms with Crippen LogP contribution >= 0.6 is 11.3 Å². The highest BCUT2D eigenvalue weighted by atomic mass is 32.1. The van der Waals surface area contributed by atoms with Crippen molar-refractivity contribution in [2.75, 3.05) is 24.7 Å². The van der Waals surface area contributed by atoms with Crippen LogP contribution in [0.4, 0.5) is 11.6 Å². The lowest BCUT2D eigenvalue weighted by Crippen LogP contribution is -2.27. The number of H-pyrrole nitrogens is 1. The third-order valence-electron chi connectivity index (χ3n) is 7.15. The number of rotatable bonds is 7. The predicted molar refractivity (Wildman–Crippen MR) is 166 cm³/mol. The number of anilines is 2. The van der Waals surface area contributed by atoms with Crippen LogP contribution in [-0.4, -0.2) is 41.4 Å². The molecule has 43 heavy (non-hydrogen) atoms. The summed E-state index contributed by atoms with van der Waals surface area (Å²) in [6, 6.07) is 15.6. The Morgan fingerprint density at radius 3 is 2.65 bits per heavy atom. The van der Waals surface area contributed by atoms with Gasteiger partial charge in [-0.3, -0.25) is 9.59 Å². The van der Waals surface area contributed by atoms with Crippen molar-refractivity contribution in [1.29, 1.82) is 0 Å². The monoisotopic (exact) mass is 595 g/mol. The maximum Gasteiger partial charge on any atom is 0.338 e. The molecule has 6 rings (SSSR count). The van der Waals surface area contributed by atoms with E-state index in [2.05, 4.69) is 20.6 Å². The second kappa shape index (κ2) is 11.3. The topological polar surface area (TPSA) is 148 Å². The molecule has 5 aromatic rings. The van der Waals surface area contributed by atoms with E-state index < -0.39 is 11.9 Å². The van der Waals surface area contributed by atoms with Gasteiger partial charge in [-0.2, -0.15) is 0 Å². The number of nitrogens with one attached hydrogen (secondary N) is 3. The number of aromatic amines is 1. The van der Waals surface area contributed by atoms with Crippen molar-refractivity contribution in [1.82, 2.24) is 15.3 Å². The first-order valence-corrected chi connectivity index (χ1v) is 14.5. The van der Waals surface area contributed by atoms with Crippen LogP contribution in [0.2, 0.25) is 0 Å².